The molecule has 1 aliphatic rings. The molecule has 1 fully saturated rings. The van der Waals surface area contributed by atoms with E-state index >= 15 is 0 Å². The fourth-order valence-corrected chi connectivity index (χ4v) is 3.75. The number of likely N-dealkylation sites (N-methyl/N-ethyl adjacent to an activating group) is 2. The van der Waals surface area contributed by atoms with Crippen molar-refractivity contribution in [2.24, 2.45) is 0 Å². The molecule has 1 saturated carbocycles. The topological polar surface area (TPSA) is 52.7 Å². The number of benzene rings is 1. The van der Waals surface area contributed by atoms with Gasteiger partial charge in [-0.05, 0) is 31.5 Å². The van der Waals surface area contributed by atoms with Crippen molar-refractivity contribution in [1.82, 2.24) is 9.80 Å². The van der Waals surface area contributed by atoms with Gasteiger partial charge >= 0.3 is 0 Å². The van der Waals surface area contributed by atoms with Crippen LogP contribution in [0, 0.1) is 0 Å². The lowest BCUT2D eigenvalue weighted by molar-refractivity contribution is -0.134. The van der Waals surface area contributed by atoms with Crippen molar-refractivity contribution in [2.45, 2.75) is 45.1 Å². The number of anilines is 1. The highest BCUT2D eigenvalue weighted by Crippen LogP contribution is 2.29. The highest BCUT2D eigenvalue weighted by Gasteiger charge is 2.24. The Bertz CT molecular complexity index is 613. The van der Waals surface area contributed by atoms with E-state index < -0.39 is 0 Å². The molecule has 1 N–H and O–H groups in total. The number of nitrogens with zero attached hydrogens (tertiary/aromatic N) is 2. The molecule has 0 spiro atoms. The van der Waals surface area contributed by atoms with Crippen LogP contribution in [0.5, 0.6) is 0 Å². The number of rotatable bonds is 7. The largest absolute Gasteiger partial charge is 0.342 e. The molecule has 1 aliphatic carbocycles. The first-order valence-electron chi connectivity index (χ1n) is 9.14. The van der Waals surface area contributed by atoms with Crippen molar-refractivity contribution in [3.05, 3.63) is 28.2 Å². The van der Waals surface area contributed by atoms with Gasteiger partial charge in [-0.3, -0.25) is 14.5 Å². The maximum Gasteiger partial charge on any atom is 0.238 e. The number of para-hydroxylation sites is 1. The lowest BCUT2D eigenvalue weighted by Crippen LogP contribution is -2.45. The number of carbonyl (C=O) groups is 2. The average molecular weight is 400 g/mol. The van der Waals surface area contributed by atoms with Gasteiger partial charge in [0.25, 0.3) is 0 Å². The molecule has 0 atom stereocenters. The van der Waals surface area contributed by atoms with Gasteiger partial charge in [0.2, 0.25) is 11.8 Å². The van der Waals surface area contributed by atoms with Gasteiger partial charge in [0.15, 0.2) is 0 Å². The Balaban J connectivity index is 1.89. The summed E-state index contributed by atoms with van der Waals surface area (Å²) in [4.78, 5) is 28.6. The summed E-state index contributed by atoms with van der Waals surface area (Å²) in [6.45, 7) is 2.88. The van der Waals surface area contributed by atoms with Crippen LogP contribution in [0.25, 0.3) is 0 Å². The van der Waals surface area contributed by atoms with Gasteiger partial charge in [-0.2, -0.15) is 0 Å². The van der Waals surface area contributed by atoms with Crippen LogP contribution in [-0.2, 0) is 9.59 Å². The number of hydrogen-bond donors (Lipinski definition) is 1. The smallest absolute Gasteiger partial charge is 0.238 e. The summed E-state index contributed by atoms with van der Waals surface area (Å²) in [5.74, 6) is -0.183. The number of nitrogens with one attached hydrogen (secondary N) is 1. The number of hydrogen-bond acceptors (Lipinski definition) is 3. The third-order valence-electron chi connectivity index (χ3n) is 4.92. The fraction of sp³-hybridized carbons (Fsp3) is 0.579. The van der Waals surface area contributed by atoms with Gasteiger partial charge in [0.1, 0.15) is 0 Å². The second-order valence-corrected chi connectivity index (χ2v) is 7.56. The number of halogens is 2. The first-order valence-corrected chi connectivity index (χ1v) is 9.89. The first kappa shape index (κ1) is 21.0. The molecule has 2 rings (SSSR count). The summed E-state index contributed by atoms with van der Waals surface area (Å²) >= 11 is 12.2. The van der Waals surface area contributed by atoms with Gasteiger partial charge in [-0.25, -0.2) is 0 Å². The molecule has 0 heterocycles. The van der Waals surface area contributed by atoms with Crippen molar-refractivity contribution < 1.29 is 9.59 Å². The van der Waals surface area contributed by atoms with E-state index in [1.165, 1.54) is 19.3 Å². The van der Waals surface area contributed by atoms with E-state index in [-0.39, 0.29) is 24.9 Å². The summed E-state index contributed by atoms with van der Waals surface area (Å²) in [5.41, 5.74) is 0.405. The standard InChI is InChI=1S/C19H27Cl2N3O2/c1-3-24(13-18(26)23(2)14-8-5-4-6-9-14)12-17(25)22-19-15(20)10-7-11-16(19)21/h7,10-11,14H,3-6,8-9,12-13H2,1-2H3,(H,22,25). The van der Waals surface area contributed by atoms with E-state index in [0.29, 0.717) is 28.3 Å². The minimum absolute atomic E-state index is 0.0577. The zero-order valence-corrected chi connectivity index (χ0v) is 16.9. The van der Waals surface area contributed by atoms with Gasteiger partial charge < -0.3 is 10.2 Å². The number of amides is 2. The van der Waals surface area contributed by atoms with Gasteiger partial charge in [0.05, 0.1) is 28.8 Å². The number of carbonyl (C=O) groups excluding carboxylic acids is 2. The van der Waals surface area contributed by atoms with Crippen molar-refractivity contribution in [2.75, 3.05) is 32.0 Å². The van der Waals surface area contributed by atoms with E-state index in [9.17, 15) is 9.59 Å². The van der Waals surface area contributed by atoms with Crippen LogP contribution in [0.4, 0.5) is 5.69 Å². The molecule has 0 unspecified atom stereocenters. The summed E-state index contributed by atoms with van der Waals surface area (Å²) in [6.07, 6.45) is 5.76. The molecular formula is C19H27Cl2N3O2. The summed E-state index contributed by atoms with van der Waals surface area (Å²) in [7, 11) is 1.87. The Morgan fingerprint density at radius 2 is 1.73 bits per heavy atom. The molecule has 2 amide bonds. The Morgan fingerprint density at radius 1 is 1.12 bits per heavy atom. The Labute approximate surface area is 165 Å². The van der Waals surface area contributed by atoms with Gasteiger partial charge in [-0.15, -0.1) is 0 Å². The monoisotopic (exact) mass is 399 g/mol. The van der Waals surface area contributed by atoms with E-state index in [4.69, 9.17) is 23.2 Å². The van der Waals surface area contributed by atoms with Crippen LogP contribution in [0.2, 0.25) is 10.0 Å². The molecule has 0 radical (unpaired) electrons. The van der Waals surface area contributed by atoms with Crippen LogP contribution in [-0.4, -0.2) is 54.3 Å². The molecule has 0 bridgehead atoms. The van der Waals surface area contributed by atoms with Crippen molar-refractivity contribution >= 4 is 40.7 Å². The van der Waals surface area contributed by atoms with E-state index in [2.05, 4.69) is 5.32 Å². The minimum Gasteiger partial charge on any atom is -0.342 e. The highest BCUT2D eigenvalue weighted by molar-refractivity contribution is 6.39. The third-order valence-corrected chi connectivity index (χ3v) is 5.55. The molecule has 1 aromatic carbocycles. The normalized spacial score (nSPS) is 15.1. The highest BCUT2D eigenvalue weighted by atomic mass is 35.5. The van der Waals surface area contributed by atoms with E-state index in [1.54, 1.807) is 18.2 Å². The first-order chi connectivity index (χ1) is 12.4. The van der Waals surface area contributed by atoms with Crippen molar-refractivity contribution in [1.29, 1.82) is 0 Å². The molecule has 26 heavy (non-hydrogen) atoms. The van der Waals surface area contributed by atoms with Gasteiger partial charge in [-0.1, -0.05) is 55.5 Å². The van der Waals surface area contributed by atoms with Crippen LogP contribution in [0.15, 0.2) is 18.2 Å². The fourth-order valence-electron chi connectivity index (χ4n) is 3.25. The molecule has 0 saturated heterocycles. The molecule has 7 heteroatoms. The van der Waals surface area contributed by atoms with Crippen molar-refractivity contribution in [3.8, 4) is 0 Å². The second-order valence-electron chi connectivity index (χ2n) is 6.74. The zero-order valence-electron chi connectivity index (χ0n) is 15.4. The Hall–Kier alpha value is -1.30. The summed E-state index contributed by atoms with van der Waals surface area (Å²) in [6, 6.07) is 5.39. The zero-order chi connectivity index (χ0) is 19.1. The quantitative estimate of drug-likeness (QED) is 0.752. The summed E-state index contributed by atoms with van der Waals surface area (Å²) in [5, 5.41) is 3.52. The van der Waals surface area contributed by atoms with E-state index in [1.807, 2.05) is 23.8 Å². The second kappa shape index (κ2) is 10.1. The van der Waals surface area contributed by atoms with Crippen molar-refractivity contribution in [3.63, 3.8) is 0 Å². The Morgan fingerprint density at radius 3 is 2.31 bits per heavy atom. The SMILES string of the molecule is CCN(CC(=O)Nc1c(Cl)cccc1Cl)CC(=O)N(C)C1CCCCC1. The molecule has 0 aromatic heterocycles. The maximum atomic E-state index is 12.6. The van der Waals surface area contributed by atoms with Gasteiger partial charge in [0, 0.05) is 13.1 Å². The van der Waals surface area contributed by atoms with Crippen LogP contribution >= 0.6 is 23.2 Å². The summed E-state index contributed by atoms with van der Waals surface area (Å²) < 4.78 is 0. The molecule has 144 valence electrons. The molecular weight excluding hydrogens is 373 g/mol. The Kier molecular flexibility index (Phi) is 8.19. The molecule has 0 aliphatic heterocycles. The van der Waals surface area contributed by atoms with Crippen LogP contribution in [0.1, 0.15) is 39.0 Å². The third kappa shape index (κ3) is 5.86. The predicted molar refractivity (Wildman–Crippen MR) is 107 cm³/mol. The lowest BCUT2D eigenvalue weighted by atomic mass is 9.94. The molecule has 1 aromatic rings. The molecule has 5 nitrogen and oxygen atoms in total. The van der Waals surface area contributed by atoms with E-state index in [0.717, 1.165) is 12.8 Å². The predicted octanol–water partition coefficient (Wildman–Crippen LogP) is 4.04. The minimum atomic E-state index is -0.241. The van der Waals surface area contributed by atoms with Crippen LogP contribution < -0.4 is 5.32 Å². The average Bonchev–Trinajstić information content (AvgIpc) is 2.64. The lowest BCUT2D eigenvalue weighted by Gasteiger charge is -2.32. The maximum absolute atomic E-state index is 12.6. The van der Waals surface area contributed by atoms with Crippen LogP contribution in [0.3, 0.4) is 0 Å².